The number of nitrogens with zero attached hydrogens (tertiary/aromatic N) is 1. The smallest absolute Gasteiger partial charge is 0.354 e. The van der Waals surface area contributed by atoms with Crippen molar-refractivity contribution in [2.24, 2.45) is 0 Å². The van der Waals surface area contributed by atoms with Crippen molar-refractivity contribution in [3.05, 3.63) is 35.8 Å². The van der Waals surface area contributed by atoms with Gasteiger partial charge in [0.25, 0.3) is 0 Å². The fraction of sp³-hybridized carbons (Fsp3) is 0. The summed E-state index contributed by atoms with van der Waals surface area (Å²) in [4.78, 5) is 14.4. The third-order valence-electron chi connectivity index (χ3n) is 2.07. The zero-order valence-corrected chi connectivity index (χ0v) is 7.57. The minimum Gasteiger partial charge on any atom is -0.477 e. The minimum absolute atomic E-state index is 0.129. The Kier molecular flexibility index (Phi) is 2.00. The lowest BCUT2D eigenvalue weighted by Crippen LogP contribution is -2.02. The van der Waals surface area contributed by atoms with Crippen molar-refractivity contribution in [3.8, 4) is 0 Å². The maximum Gasteiger partial charge on any atom is 0.354 e. The van der Waals surface area contributed by atoms with Gasteiger partial charge in [-0.15, -0.1) is 0 Å². The molecule has 0 aliphatic rings. The number of nitrogen functional groups attached to an aromatic ring is 1. The first-order valence-electron chi connectivity index (χ1n) is 4.17. The van der Waals surface area contributed by atoms with Crippen LogP contribution in [0.3, 0.4) is 0 Å². The highest BCUT2D eigenvalue weighted by Gasteiger charge is 2.09. The van der Waals surface area contributed by atoms with Crippen molar-refractivity contribution in [1.82, 2.24) is 4.98 Å². The van der Waals surface area contributed by atoms with Gasteiger partial charge in [-0.2, -0.15) is 0 Å². The normalized spacial score (nSPS) is 10.5. The molecule has 0 spiro atoms. The molecular formula is C10H7FN2O2. The number of anilines is 1. The molecule has 0 bridgehead atoms. The van der Waals surface area contributed by atoms with E-state index in [1.54, 1.807) is 6.07 Å². The molecule has 2 aromatic rings. The number of hydrogen-bond acceptors (Lipinski definition) is 3. The lowest BCUT2D eigenvalue weighted by molar-refractivity contribution is 0.0691. The van der Waals surface area contributed by atoms with E-state index in [1.807, 2.05) is 0 Å². The Morgan fingerprint density at radius 1 is 1.33 bits per heavy atom. The van der Waals surface area contributed by atoms with Crippen molar-refractivity contribution in [2.75, 3.05) is 5.73 Å². The van der Waals surface area contributed by atoms with Crippen LogP contribution in [0, 0.1) is 5.82 Å². The average molecular weight is 206 g/mol. The number of hydrogen-bond donors (Lipinski definition) is 2. The predicted octanol–water partition coefficient (Wildman–Crippen LogP) is 1.65. The second kappa shape index (κ2) is 3.20. The molecule has 0 unspecified atom stereocenters. The van der Waals surface area contributed by atoms with Gasteiger partial charge >= 0.3 is 5.97 Å². The number of fused-ring (bicyclic) bond motifs is 1. The van der Waals surface area contributed by atoms with E-state index in [-0.39, 0.29) is 16.9 Å². The summed E-state index contributed by atoms with van der Waals surface area (Å²) in [6.07, 6.45) is 0. The molecule has 0 saturated heterocycles. The average Bonchev–Trinajstić information content (AvgIpc) is 2.23. The van der Waals surface area contributed by atoms with Gasteiger partial charge in [0.1, 0.15) is 11.5 Å². The molecule has 1 aromatic carbocycles. The van der Waals surface area contributed by atoms with Gasteiger partial charge in [-0.05, 0) is 18.2 Å². The number of nitrogens with two attached hydrogens (primary N) is 1. The van der Waals surface area contributed by atoms with Gasteiger partial charge in [-0.1, -0.05) is 6.07 Å². The number of rotatable bonds is 1. The van der Waals surface area contributed by atoms with E-state index in [4.69, 9.17) is 10.8 Å². The largest absolute Gasteiger partial charge is 0.477 e. The number of pyridine rings is 1. The Morgan fingerprint density at radius 2 is 2.00 bits per heavy atom. The molecule has 0 amide bonds. The predicted molar refractivity (Wildman–Crippen MR) is 53.1 cm³/mol. The van der Waals surface area contributed by atoms with Gasteiger partial charge < -0.3 is 10.8 Å². The first-order valence-corrected chi connectivity index (χ1v) is 4.17. The van der Waals surface area contributed by atoms with E-state index in [0.717, 1.165) is 0 Å². The summed E-state index contributed by atoms with van der Waals surface area (Å²) in [5.74, 6) is -1.77. The zero-order chi connectivity index (χ0) is 11.0. The van der Waals surface area contributed by atoms with Crippen LogP contribution in [0.25, 0.3) is 10.9 Å². The van der Waals surface area contributed by atoms with Gasteiger partial charge in [-0.25, -0.2) is 14.2 Å². The van der Waals surface area contributed by atoms with Gasteiger partial charge in [0.2, 0.25) is 0 Å². The highest BCUT2D eigenvalue weighted by Crippen LogP contribution is 2.22. The Balaban J connectivity index is 2.79. The van der Waals surface area contributed by atoms with E-state index < -0.39 is 11.8 Å². The van der Waals surface area contributed by atoms with E-state index in [0.29, 0.717) is 5.39 Å². The van der Waals surface area contributed by atoms with Gasteiger partial charge in [0.15, 0.2) is 0 Å². The Hall–Kier alpha value is -2.17. The third-order valence-corrected chi connectivity index (χ3v) is 2.07. The second-order valence-electron chi connectivity index (χ2n) is 3.03. The number of halogens is 1. The van der Waals surface area contributed by atoms with Crippen LogP contribution in [0.5, 0.6) is 0 Å². The summed E-state index contributed by atoms with van der Waals surface area (Å²) in [7, 11) is 0. The fourth-order valence-corrected chi connectivity index (χ4v) is 1.31. The first kappa shape index (κ1) is 9.39. The molecule has 0 saturated carbocycles. The molecule has 0 aliphatic heterocycles. The van der Waals surface area contributed by atoms with Crippen LogP contribution in [0.4, 0.5) is 10.1 Å². The molecule has 2 rings (SSSR count). The summed E-state index contributed by atoms with van der Waals surface area (Å²) in [5.41, 5.74) is 5.35. The number of carboxylic acid groups (broad SMARTS) is 1. The lowest BCUT2D eigenvalue weighted by Gasteiger charge is -2.03. The molecule has 3 N–H and O–H groups in total. The van der Waals surface area contributed by atoms with Crippen LogP contribution >= 0.6 is 0 Å². The topological polar surface area (TPSA) is 76.2 Å². The number of aromatic nitrogens is 1. The van der Waals surface area contributed by atoms with Gasteiger partial charge in [-0.3, -0.25) is 0 Å². The quantitative estimate of drug-likeness (QED) is 0.695. The molecule has 15 heavy (non-hydrogen) atoms. The minimum atomic E-state index is -1.17. The first-order chi connectivity index (χ1) is 7.09. The Labute approximate surface area is 84.2 Å². The van der Waals surface area contributed by atoms with Crippen molar-refractivity contribution < 1.29 is 14.3 Å². The number of carboxylic acids is 1. The zero-order valence-electron chi connectivity index (χ0n) is 7.57. The Morgan fingerprint density at radius 3 is 2.67 bits per heavy atom. The number of benzene rings is 1. The summed E-state index contributed by atoms with van der Waals surface area (Å²) in [5, 5.41) is 9.32. The van der Waals surface area contributed by atoms with E-state index >= 15 is 0 Å². The molecular weight excluding hydrogens is 199 g/mol. The number of aromatic carboxylic acids is 1. The third kappa shape index (κ3) is 1.48. The monoisotopic (exact) mass is 206 g/mol. The highest BCUT2D eigenvalue weighted by molar-refractivity contribution is 5.94. The summed E-state index contributed by atoms with van der Waals surface area (Å²) >= 11 is 0. The molecule has 0 aliphatic carbocycles. The maximum atomic E-state index is 13.1. The molecule has 0 fully saturated rings. The SMILES string of the molecule is Nc1c(F)ccc2ccc(C(=O)O)nc12. The van der Waals surface area contributed by atoms with Crippen LogP contribution in [-0.2, 0) is 0 Å². The molecule has 1 aromatic heterocycles. The lowest BCUT2D eigenvalue weighted by atomic mass is 10.1. The molecule has 0 radical (unpaired) electrons. The van der Waals surface area contributed by atoms with E-state index in [2.05, 4.69) is 4.98 Å². The van der Waals surface area contributed by atoms with Crippen LogP contribution in [0.2, 0.25) is 0 Å². The van der Waals surface area contributed by atoms with E-state index in [1.165, 1.54) is 18.2 Å². The van der Waals surface area contributed by atoms with Crippen molar-refractivity contribution >= 4 is 22.6 Å². The summed E-state index contributed by atoms with van der Waals surface area (Å²) in [6, 6.07) is 5.61. The van der Waals surface area contributed by atoms with Crippen molar-refractivity contribution in [2.45, 2.75) is 0 Å². The van der Waals surface area contributed by atoms with Crippen molar-refractivity contribution in [1.29, 1.82) is 0 Å². The maximum absolute atomic E-state index is 13.1. The van der Waals surface area contributed by atoms with Crippen LogP contribution < -0.4 is 5.73 Å². The summed E-state index contributed by atoms with van der Waals surface area (Å²) in [6.45, 7) is 0. The van der Waals surface area contributed by atoms with Gasteiger partial charge in [0.05, 0.1) is 11.2 Å². The van der Waals surface area contributed by atoms with E-state index in [9.17, 15) is 9.18 Å². The molecule has 4 nitrogen and oxygen atoms in total. The van der Waals surface area contributed by atoms with Crippen LogP contribution in [-0.4, -0.2) is 16.1 Å². The number of carbonyl (C=O) groups is 1. The Bertz CT molecular complexity index is 554. The molecule has 1 heterocycles. The van der Waals surface area contributed by atoms with Crippen molar-refractivity contribution in [3.63, 3.8) is 0 Å². The second-order valence-corrected chi connectivity index (χ2v) is 3.03. The fourth-order valence-electron chi connectivity index (χ4n) is 1.31. The standard InChI is InChI=1S/C10H7FN2O2/c11-6-3-1-5-2-4-7(10(14)15)13-9(5)8(6)12/h1-4H,12H2,(H,14,15). The summed E-state index contributed by atoms with van der Waals surface area (Å²) < 4.78 is 13.1. The molecule has 0 atom stereocenters. The highest BCUT2D eigenvalue weighted by atomic mass is 19.1. The van der Waals surface area contributed by atoms with Crippen LogP contribution in [0.1, 0.15) is 10.5 Å². The van der Waals surface area contributed by atoms with Crippen LogP contribution in [0.15, 0.2) is 24.3 Å². The molecule has 5 heteroatoms. The molecule has 76 valence electrons. The van der Waals surface area contributed by atoms with Gasteiger partial charge in [0, 0.05) is 5.39 Å².